The van der Waals surface area contributed by atoms with Crippen molar-refractivity contribution in [2.45, 2.75) is 58.9 Å². The highest BCUT2D eigenvalue weighted by atomic mass is 16.4. The van der Waals surface area contributed by atoms with Crippen molar-refractivity contribution < 1.29 is 10.0 Å². The molecule has 0 saturated heterocycles. The van der Waals surface area contributed by atoms with Gasteiger partial charge < -0.3 is 16.3 Å². The van der Waals surface area contributed by atoms with E-state index in [4.69, 9.17) is 10.9 Å². The molecule has 104 valence electrons. The summed E-state index contributed by atoms with van der Waals surface area (Å²) in [5, 5.41) is 14.6. The molecule has 0 aromatic heterocycles. The van der Waals surface area contributed by atoms with Crippen molar-refractivity contribution in [3.8, 4) is 0 Å². The Labute approximate surface area is 109 Å². The van der Waals surface area contributed by atoms with E-state index in [2.05, 4.69) is 24.3 Å². The Morgan fingerprint density at radius 2 is 2.28 bits per heavy atom. The fourth-order valence-electron chi connectivity index (χ4n) is 2.72. The summed E-state index contributed by atoms with van der Waals surface area (Å²) in [6.07, 6.45) is 4.89. The Morgan fingerprint density at radius 3 is 2.78 bits per heavy atom. The normalized spacial score (nSPS) is 25.5. The molecule has 1 aliphatic rings. The molecule has 4 N–H and O–H groups in total. The number of amides is 1. The van der Waals surface area contributed by atoms with E-state index in [1.165, 1.54) is 6.42 Å². The Kier molecular flexibility index (Phi) is 4.99. The second-order valence-electron chi connectivity index (χ2n) is 5.95. The van der Waals surface area contributed by atoms with Crippen LogP contribution >= 0.6 is 0 Å². The monoisotopic (exact) mass is 255 g/mol. The maximum absolute atomic E-state index is 12.1. The van der Waals surface area contributed by atoms with E-state index in [1.54, 1.807) is 0 Å². The average Bonchev–Trinajstić information content (AvgIpc) is 2.28. The Bertz CT molecular complexity index is 326. The van der Waals surface area contributed by atoms with E-state index >= 15 is 0 Å². The molecule has 0 spiro atoms. The van der Waals surface area contributed by atoms with Crippen LogP contribution in [0.3, 0.4) is 0 Å². The van der Waals surface area contributed by atoms with Gasteiger partial charge in [-0.05, 0) is 31.1 Å². The quantitative estimate of drug-likeness (QED) is 0.310. The van der Waals surface area contributed by atoms with Crippen LogP contribution in [0.15, 0.2) is 5.16 Å². The summed E-state index contributed by atoms with van der Waals surface area (Å²) in [6.45, 7) is 6.31. The minimum absolute atomic E-state index is 0.00919. The molecule has 5 heteroatoms. The molecule has 0 heterocycles. The van der Waals surface area contributed by atoms with Crippen LogP contribution in [0.4, 0.5) is 0 Å². The van der Waals surface area contributed by atoms with E-state index in [0.29, 0.717) is 6.42 Å². The van der Waals surface area contributed by atoms with E-state index in [9.17, 15) is 4.79 Å². The van der Waals surface area contributed by atoms with Crippen molar-refractivity contribution in [2.75, 3.05) is 0 Å². The van der Waals surface area contributed by atoms with Crippen LogP contribution in [0.25, 0.3) is 0 Å². The Balaban J connectivity index is 2.58. The molecular formula is C13H25N3O2. The highest BCUT2D eigenvalue weighted by Crippen LogP contribution is 2.35. The van der Waals surface area contributed by atoms with Gasteiger partial charge in [0.15, 0.2) is 5.84 Å². The van der Waals surface area contributed by atoms with Crippen LogP contribution in [0.1, 0.15) is 52.9 Å². The maximum Gasteiger partial charge on any atom is 0.231 e. The third-order valence-corrected chi connectivity index (χ3v) is 3.75. The zero-order chi connectivity index (χ0) is 13.8. The molecule has 18 heavy (non-hydrogen) atoms. The number of nitrogens with zero attached hydrogens (tertiary/aromatic N) is 1. The highest BCUT2D eigenvalue weighted by Gasteiger charge is 2.30. The fourth-order valence-corrected chi connectivity index (χ4v) is 2.72. The molecular weight excluding hydrogens is 230 g/mol. The molecule has 1 saturated carbocycles. The molecule has 0 aromatic carbocycles. The summed E-state index contributed by atoms with van der Waals surface area (Å²) < 4.78 is 0. The summed E-state index contributed by atoms with van der Waals surface area (Å²) in [4.78, 5) is 12.1. The molecule has 1 fully saturated rings. The van der Waals surface area contributed by atoms with Gasteiger partial charge in [-0.1, -0.05) is 32.3 Å². The third kappa shape index (κ3) is 3.89. The first kappa shape index (κ1) is 14.8. The number of hydrogen-bond donors (Lipinski definition) is 3. The fraction of sp³-hybridized carbons (Fsp3) is 0.846. The van der Waals surface area contributed by atoms with Gasteiger partial charge in [0.05, 0.1) is 5.92 Å². The van der Waals surface area contributed by atoms with Crippen molar-refractivity contribution in [2.24, 2.45) is 22.2 Å². The van der Waals surface area contributed by atoms with E-state index in [-0.39, 0.29) is 23.2 Å². The molecule has 2 unspecified atom stereocenters. The molecule has 1 amide bonds. The molecule has 1 rings (SSSR count). The molecule has 0 aromatic rings. The van der Waals surface area contributed by atoms with Gasteiger partial charge in [0.1, 0.15) is 0 Å². The molecule has 0 aliphatic heterocycles. The lowest BCUT2D eigenvalue weighted by Gasteiger charge is -2.36. The van der Waals surface area contributed by atoms with Gasteiger partial charge in [-0.2, -0.15) is 0 Å². The Hall–Kier alpha value is -1.26. The molecule has 2 atom stereocenters. The van der Waals surface area contributed by atoms with Crippen molar-refractivity contribution in [1.82, 2.24) is 5.32 Å². The van der Waals surface area contributed by atoms with Crippen LogP contribution in [-0.4, -0.2) is 23.0 Å². The first-order valence-corrected chi connectivity index (χ1v) is 6.67. The van der Waals surface area contributed by atoms with Crippen molar-refractivity contribution in [3.05, 3.63) is 0 Å². The Morgan fingerprint density at radius 1 is 1.61 bits per heavy atom. The van der Waals surface area contributed by atoms with Gasteiger partial charge in [0, 0.05) is 6.04 Å². The first-order chi connectivity index (χ1) is 8.39. The minimum Gasteiger partial charge on any atom is -0.409 e. The molecule has 1 aliphatic carbocycles. The number of carbonyl (C=O) groups is 1. The number of nitrogens with two attached hydrogens (primary N) is 1. The lowest BCUT2D eigenvalue weighted by atomic mass is 9.75. The van der Waals surface area contributed by atoms with Crippen LogP contribution in [0, 0.1) is 11.3 Å². The van der Waals surface area contributed by atoms with E-state index < -0.39 is 5.92 Å². The predicted molar refractivity (Wildman–Crippen MR) is 71.4 cm³/mol. The number of hydrogen-bond acceptors (Lipinski definition) is 3. The van der Waals surface area contributed by atoms with Crippen molar-refractivity contribution in [3.63, 3.8) is 0 Å². The largest absolute Gasteiger partial charge is 0.409 e. The number of amidine groups is 1. The van der Waals surface area contributed by atoms with E-state index in [0.717, 1.165) is 19.3 Å². The van der Waals surface area contributed by atoms with Gasteiger partial charge in [-0.15, -0.1) is 0 Å². The first-order valence-electron chi connectivity index (χ1n) is 6.67. The number of carbonyl (C=O) groups excluding carboxylic acids is 1. The average molecular weight is 255 g/mol. The summed E-state index contributed by atoms with van der Waals surface area (Å²) in [7, 11) is 0. The molecule has 5 nitrogen and oxygen atoms in total. The SMILES string of the molecule is CCC(C(=O)NC1CCCC(C)(C)C1)C(N)=NO. The van der Waals surface area contributed by atoms with Gasteiger partial charge >= 0.3 is 0 Å². The number of oxime groups is 1. The number of nitrogens with one attached hydrogen (secondary N) is 1. The summed E-state index contributed by atoms with van der Waals surface area (Å²) in [5.41, 5.74) is 5.81. The summed E-state index contributed by atoms with van der Waals surface area (Å²) >= 11 is 0. The standard InChI is InChI=1S/C13H25N3O2/c1-4-10(11(14)16-18)12(17)15-9-6-5-7-13(2,3)8-9/h9-10,18H,4-8H2,1-3H3,(H2,14,16)(H,15,17). The lowest BCUT2D eigenvalue weighted by molar-refractivity contribution is -0.124. The van der Waals surface area contributed by atoms with Crippen LogP contribution in [0.2, 0.25) is 0 Å². The zero-order valence-electron chi connectivity index (χ0n) is 11.6. The third-order valence-electron chi connectivity index (χ3n) is 3.75. The van der Waals surface area contributed by atoms with Crippen LogP contribution in [0.5, 0.6) is 0 Å². The predicted octanol–water partition coefficient (Wildman–Crippen LogP) is 1.84. The van der Waals surface area contributed by atoms with Crippen molar-refractivity contribution in [1.29, 1.82) is 0 Å². The van der Waals surface area contributed by atoms with Gasteiger partial charge in [-0.25, -0.2) is 0 Å². The van der Waals surface area contributed by atoms with Crippen molar-refractivity contribution >= 4 is 11.7 Å². The number of rotatable bonds is 4. The second-order valence-corrected chi connectivity index (χ2v) is 5.95. The van der Waals surface area contributed by atoms with Gasteiger partial charge in [0.25, 0.3) is 0 Å². The van der Waals surface area contributed by atoms with Crippen LogP contribution in [-0.2, 0) is 4.79 Å². The zero-order valence-corrected chi connectivity index (χ0v) is 11.6. The van der Waals surface area contributed by atoms with Gasteiger partial charge in [-0.3, -0.25) is 4.79 Å². The van der Waals surface area contributed by atoms with E-state index in [1.807, 2.05) is 6.92 Å². The second kappa shape index (κ2) is 6.07. The smallest absolute Gasteiger partial charge is 0.231 e. The topological polar surface area (TPSA) is 87.7 Å². The lowest BCUT2D eigenvalue weighted by Crippen LogP contribution is -2.46. The minimum atomic E-state index is -0.528. The highest BCUT2D eigenvalue weighted by molar-refractivity contribution is 6.02. The van der Waals surface area contributed by atoms with Gasteiger partial charge in [0.2, 0.25) is 5.91 Å². The summed E-state index contributed by atoms with van der Waals surface area (Å²) in [5.74, 6) is -0.666. The maximum atomic E-state index is 12.1. The molecule has 0 bridgehead atoms. The van der Waals surface area contributed by atoms with Crippen LogP contribution < -0.4 is 11.1 Å². The summed E-state index contributed by atoms with van der Waals surface area (Å²) in [6, 6.07) is 0.210. The molecule has 0 radical (unpaired) electrons.